The van der Waals surface area contributed by atoms with Crippen LogP contribution in [0.3, 0.4) is 0 Å². The summed E-state index contributed by atoms with van der Waals surface area (Å²) in [4.78, 5) is 0. The molecule has 0 amide bonds. The third kappa shape index (κ3) is 11.7. The van der Waals surface area contributed by atoms with Crippen LogP contribution >= 0.6 is 15.9 Å². The quantitative estimate of drug-likeness (QED) is 0.0834. The van der Waals surface area contributed by atoms with Gasteiger partial charge in [-0.1, -0.05) is 259 Å². The van der Waals surface area contributed by atoms with Crippen LogP contribution in [0, 0.1) is 0 Å². The minimum Gasteiger partial charge on any atom is -0.449 e. The van der Waals surface area contributed by atoms with Crippen LogP contribution in [0.5, 0.6) is 0 Å². The molecule has 15 aromatic rings. The van der Waals surface area contributed by atoms with E-state index < -0.39 is 16.6 Å². The maximum absolute atomic E-state index is 7.16. The van der Waals surface area contributed by atoms with Gasteiger partial charge in [-0.3, -0.25) is 0 Å². The zero-order chi connectivity index (χ0) is 60.5. The van der Waals surface area contributed by atoms with Crippen molar-refractivity contribution in [3.63, 3.8) is 0 Å². The smallest absolute Gasteiger partial charge is 0.206 e. The average molecular weight is 1250 g/mol. The molecule has 0 bridgehead atoms. The van der Waals surface area contributed by atoms with E-state index in [1.165, 1.54) is 126 Å². The Bertz CT molecular complexity index is 4750. The maximum atomic E-state index is 7.16. The normalized spacial score (nSPS) is 12.2. The molecule has 0 atom stereocenters. The SMILES string of the molecule is Brc1ccc(/C=C/c2ccc(-n3c4ccccc4c4ccccc43)cc2)cc1.C[Si](C)(O[Si](C)(C)c1ccc(/C=C/c2ccc(-n3c4ccccc4c4ccccc43)cc2)cc1)c1ccc(/C=C/c2ccc(-n3c4ccccc4c4ccccc43)cc2)cc1. The van der Waals surface area contributed by atoms with Crippen molar-refractivity contribution < 1.29 is 4.12 Å². The highest BCUT2D eigenvalue weighted by molar-refractivity contribution is 9.10. The van der Waals surface area contributed by atoms with E-state index in [-0.39, 0.29) is 0 Å². The topological polar surface area (TPSA) is 24.0 Å². The van der Waals surface area contributed by atoms with Gasteiger partial charge in [0.2, 0.25) is 16.6 Å². The summed E-state index contributed by atoms with van der Waals surface area (Å²) in [6.45, 7) is 9.31. The molecule has 0 spiro atoms. The lowest BCUT2D eigenvalue weighted by Gasteiger charge is -2.34. The van der Waals surface area contributed by atoms with Crippen LogP contribution in [0.4, 0.5) is 0 Å². The van der Waals surface area contributed by atoms with Crippen LogP contribution in [-0.2, 0) is 4.12 Å². The summed E-state index contributed by atoms with van der Waals surface area (Å²) in [5.74, 6) is 0. The first kappa shape index (κ1) is 56.9. The van der Waals surface area contributed by atoms with E-state index in [0.717, 1.165) is 4.47 Å². The molecule has 0 unspecified atom stereocenters. The van der Waals surface area contributed by atoms with Crippen molar-refractivity contribution in [3.05, 3.63) is 329 Å². The fourth-order valence-corrected chi connectivity index (χ4v) is 21.0. The van der Waals surface area contributed by atoms with Crippen LogP contribution in [0.15, 0.2) is 296 Å². The summed E-state index contributed by atoms with van der Waals surface area (Å²) in [5.41, 5.74) is 18.0. The lowest BCUT2D eigenvalue weighted by Crippen LogP contribution is -2.57. The lowest BCUT2D eigenvalue weighted by molar-refractivity contribution is 0.573. The number of fused-ring (bicyclic) bond motifs is 9. The number of nitrogens with zero attached hydrogens (tertiary/aromatic N) is 3. The molecule has 4 nitrogen and oxygen atoms in total. The summed E-state index contributed by atoms with van der Waals surface area (Å²) in [5, 5.41) is 10.3. The van der Waals surface area contributed by atoms with E-state index in [4.69, 9.17) is 4.12 Å². The molecule has 7 heteroatoms. The van der Waals surface area contributed by atoms with E-state index in [1.807, 2.05) is 0 Å². The molecule has 0 radical (unpaired) electrons. The molecule has 89 heavy (non-hydrogen) atoms. The highest BCUT2D eigenvalue weighted by atomic mass is 79.9. The average Bonchev–Trinajstić information content (AvgIpc) is 2.09. The molecular formula is C82H66BrN3OSi2. The number of aromatic nitrogens is 3. The molecular weight excluding hydrogens is 1180 g/mol. The number of rotatable bonds is 13. The van der Waals surface area contributed by atoms with Gasteiger partial charge in [0.25, 0.3) is 0 Å². The summed E-state index contributed by atoms with van der Waals surface area (Å²) in [6, 6.07) is 105. The van der Waals surface area contributed by atoms with Crippen molar-refractivity contribution in [3.8, 4) is 17.1 Å². The molecule has 12 aromatic carbocycles. The van der Waals surface area contributed by atoms with E-state index in [2.05, 4.69) is 383 Å². The lowest BCUT2D eigenvalue weighted by atomic mass is 10.1. The zero-order valence-electron chi connectivity index (χ0n) is 50.3. The molecule has 0 saturated carbocycles. The van der Waals surface area contributed by atoms with Crippen LogP contribution in [0.2, 0.25) is 26.2 Å². The van der Waals surface area contributed by atoms with Crippen molar-refractivity contribution in [2.24, 2.45) is 0 Å². The Hall–Kier alpha value is -9.87. The van der Waals surface area contributed by atoms with Gasteiger partial charge in [0.1, 0.15) is 0 Å². The maximum Gasteiger partial charge on any atom is 0.206 e. The van der Waals surface area contributed by atoms with Gasteiger partial charge in [0.05, 0.1) is 33.1 Å². The monoisotopic (exact) mass is 1240 g/mol. The summed E-state index contributed by atoms with van der Waals surface area (Å²) < 4.78 is 15.3. The molecule has 0 fully saturated rings. The Morgan fingerprint density at radius 2 is 0.438 bits per heavy atom. The zero-order valence-corrected chi connectivity index (χ0v) is 53.9. The second-order valence-electron chi connectivity index (χ2n) is 23.8. The van der Waals surface area contributed by atoms with Crippen molar-refractivity contribution in [1.29, 1.82) is 0 Å². The van der Waals surface area contributed by atoms with Gasteiger partial charge in [-0.15, -0.1) is 0 Å². The highest BCUT2D eigenvalue weighted by Gasteiger charge is 2.36. The van der Waals surface area contributed by atoms with Crippen molar-refractivity contribution >= 4 is 145 Å². The van der Waals surface area contributed by atoms with Gasteiger partial charge in [-0.05, 0) is 155 Å². The molecule has 0 aliphatic carbocycles. The van der Waals surface area contributed by atoms with Gasteiger partial charge in [0.15, 0.2) is 0 Å². The number of benzene rings is 12. The third-order valence-corrected chi connectivity index (χ3v) is 25.2. The van der Waals surface area contributed by atoms with Crippen molar-refractivity contribution in [2.75, 3.05) is 0 Å². The van der Waals surface area contributed by atoms with E-state index >= 15 is 0 Å². The second kappa shape index (κ2) is 24.4. The van der Waals surface area contributed by atoms with E-state index in [9.17, 15) is 0 Å². The van der Waals surface area contributed by atoms with Gasteiger partial charge in [-0.25, -0.2) is 0 Å². The first-order chi connectivity index (χ1) is 43.5. The largest absolute Gasteiger partial charge is 0.449 e. The predicted molar refractivity (Wildman–Crippen MR) is 391 cm³/mol. The Labute approximate surface area is 531 Å². The summed E-state index contributed by atoms with van der Waals surface area (Å²) in [7, 11) is -4.38. The number of hydrogen-bond acceptors (Lipinski definition) is 1. The Kier molecular flexibility index (Phi) is 15.6. The number of halogens is 1. The predicted octanol–water partition coefficient (Wildman–Crippen LogP) is 21.5. The molecule has 0 aliphatic rings. The molecule has 430 valence electrons. The highest BCUT2D eigenvalue weighted by Crippen LogP contribution is 2.35. The molecule has 0 N–H and O–H groups in total. The van der Waals surface area contributed by atoms with Crippen molar-refractivity contribution in [1.82, 2.24) is 13.7 Å². The number of hydrogen-bond donors (Lipinski definition) is 0. The van der Waals surface area contributed by atoms with Crippen LogP contribution in [-0.4, -0.2) is 30.3 Å². The first-order valence-electron chi connectivity index (χ1n) is 30.5. The van der Waals surface area contributed by atoms with Gasteiger partial charge < -0.3 is 17.8 Å². The Morgan fingerprint density at radius 3 is 0.663 bits per heavy atom. The molecule has 0 aliphatic heterocycles. The fraction of sp³-hybridized carbons (Fsp3) is 0.0488. The van der Waals surface area contributed by atoms with Gasteiger partial charge in [0, 0.05) is 53.9 Å². The number of para-hydroxylation sites is 6. The molecule has 3 heterocycles. The van der Waals surface area contributed by atoms with Gasteiger partial charge in [-0.2, -0.15) is 0 Å². The van der Waals surface area contributed by atoms with Crippen LogP contribution in [0.25, 0.3) is 119 Å². The molecule has 0 saturated heterocycles. The Balaban J connectivity index is 0.000000206. The molecule has 15 rings (SSSR count). The Morgan fingerprint density at radius 1 is 0.247 bits per heavy atom. The second-order valence-corrected chi connectivity index (χ2v) is 32.7. The van der Waals surface area contributed by atoms with E-state index in [0.29, 0.717) is 0 Å². The standard InChI is InChI=1S/C56H48N2OSi2.C26H18BrN/c1-60(2,47-37-29-43(30-38-47)23-21-41-25-33-45(34-26-41)57-53-17-9-5-13-49(53)50-14-6-10-18-54(50)57)59-61(3,4)48-39-31-44(32-40-48)24-22-42-27-35-46(36-28-42)58-55-19-11-7-15-51(55)52-16-8-12-20-56(52)58;27-21-15-11-19(12-16-21)9-10-20-13-17-22(18-14-20)28-25-7-3-1-5-23(25)24-6-2-4-8-26(24)28/h5-40H,1-4H3;1-18H/b23-21+,24-22+;10-9+. The van der Waals surface area contributed by atoms with Crippen LogP contribution in [0.1, 0.15) is 33.4 Å². The van der Waals surface area contributed by atoms with Crippen LogP contribution < -0.4 is 10.4 Å². The minimum absolute atomic E-state index is 1.10. The summed E-state index contributed by atoms with van der Waals surface area (Å²) >= 11 is 3.48. The molecule has 3 aromatic heterocycles. The van der Waals surface area contributed by atoms with E-state index in [1.54, 1.807) is 0 Å². The summed E-state index contributed by atoms with van der Waals surface area (Å²) in [6.07, 6.45) is 13.1. The van der Waals surface area contributed by atoms with Gasteiger partial charge >= 0.3 is 0 Å². The minimum atomic E-state index is -2.19. The fourth-order valence-electron chi connectivity index (χ4n) is 12.7. The van der Waals surface area contributed by atoms with Crippen molar-refractivity contribution in [2.45, 2.75) is 26.2 Å². The third-order valence-electron chi connectivity index (χ3n) is 17.2. The first-order valence-corrected chi connectivity index (χ1v) is 37.1.